The van der Waals surface area contributed by atoms with Crippen LogP contribution in [-0.4, -0.2) is 40.2 Å². The average molecular weight is 785 g/mol. The number of methoxy groups -OCH3 is 2. The Morgan fingerprint density at radius 1 is 0.692 bits per heavy atom. The van der Waals surface area contributed by atoms with Gasteiger partial charge in [0.1, 0.15) is 43.6 Å². The maximum absolute atomic E-state index is 13.6. The zero-order chi connectivity index (χ0) is 36.4. The second-order valence-corrected chi connectivity index (χ2v) is 13.3. The molecule has 22 heteroatoms. The van der Waals surface area contributed by atoms with Crippen LogP contribution in [0.4, 0.5) is 45.5 Å². The average Bonchev–Trinajstić information content (AvgIpc) is 3.05. The minimum Gasteiger partial charge on any atom is -0.871 e. The van der Waals surface area contributed by atoms with Gasteiger partial charge in [-0.2, -0.15) is 18.6 Å². The largest absolute Gasteiger partial charge is 1.00 e. The molecule has 5 aromatic carbocycles. The summed E-state index contributed by atoms with van der Waals surface area (Å²) < 4.78 is 80.0. The molecule has 0 saturated heterocycles. The Bertz CT molecular complexity index is 2490. The van der Waals surface area contributed by atoms with Crippen molar-refractivity contribution in [1.82, 2.24) is 0 Å². The van der Waals surface area contributed by atoms with Crippen molar-refractivity contribution in [3.63, 3.8) is 0 Å². The van der Waals surface area contributed by atoms with Gasteiger partial charge < -0.3 is 30.6 Å². The van der Waals surface area contributed by atoms with Gasteiger partial charge in [0.2, 0.25) is 0 Å². The first-order valence-corrected chi connectivity index (χ1v) is 17.0. The summed E-state index contributed by atoms with van der Waals surface area (Å²) in [4.78, 5) is -1.58. The van der Waals surface area contributed by atoms with Gasteiger partial charge in [-0.15, -0.1) is 20.5 Å². The van der Waals surface area contributed by atoms with Crippen molar-refractivity contribution in [1.29, 1.82) is 0 Å². The van der Waals surface area contributed by atoms with Crippen molar-refractivity contribution >= 4 is 88.1 Å². The molecule has 0 atom stereocenters. The Morgan fingerprint density at radius 3 is 1.83 bits per heavy atom. The van der Waals surface area contributed by atoms with E-state index in [4.69, 9.17) is 32.5 Å². The van der Waals surface area contributed by atoms with E-state index in [1.807, 2.05) is 0 Å². The third kappa shape index (κ3) is 9.82. The van der Waals surface area contributed by atoms with Crippen molar-refractivity contribution in [3.8, 4) is 17.2 Å². The number of anilines is 2. The van der Waals surface area contributed by atoms with E-state index < -0.39 is 41.5 Å². The SMILES string of the molecule is COc1cc(N=Nc2c(S(=O)(=O)O)cc3ccc(N=Nc4cc(S(=O)(=O)[O-])c(N)cc4N)cc3c2[O-])c(OC)cc1N=Nc1cccc(Cl)c1.[Na+].[Na+]. The molecule has 0 bridgehead atoms. The number of hydrogen-bond acceptors (Lipinski definition) is 16. The summed E-state index contributed by atoms with van der Waals surface area (Å²) in [6, 6.07) is 16.2. The van der Waals surface area contributed by atoms with Gasteiger partial charge in [0.25, 0.3) is 10.1 Å². The minimum atomic E-state index is -4.99. The van der Waals surface area contributed by atoms with Crippen LogP contribution in [0.25, 0.3) is 10.8 Å². The molecule has 0 aliphatic carbocycles. The van der Waals surface area contributed by atoms with Gasteiger partial charge in [0.15, 0.2) is 0 Å². The van der Waals surface area contributed by atoms with Crippen LogP contribution in [0.5, 0.6) is 17.2 Å². The van der Waals surface area contributed by atoms with Crippen molar-refractivity contribution < 1.29 is 99.6 Å². The predicted octanol–water partition coefficient (Wildman–Crippen LogP) is 1.15. The molecule has 5 rings (SSSR count). The van der Waals surface area contributed by atoms with E-state index in [9.17, 15) is 31.0 Å². The third-order valence-electron chi connectivity index (χ3n) is 6.82. The zero-order valence-electron chi connectivity index (χ0n) is 27.7. The first-order chi connectivity index (χ1) is 23.6. The van der Waals surface area contributed by atoms with Gasteiger partial charge in [-0.05, 0) is 59.3 Å². The van der Waals surface area contributed by atoms with E-state index in [0.29, 0.717) is 10.7 Å². The summed E-state index contributed by atoms with van der Waals surface area (Å²) in [5.74, 6) is -0.701. The van der Waals surface area contributed by atoms with Gasteiger partial charge in [-0.1, -0.05) is 29.5 Å². The number of benzene rings is 5. The van der Waals surface area contributed by atoms with Crippen molar-refractivity contribution in [2.75, 3.05) is 25.7 Å². The maximum Gasteiger partial charge on any atom is 1.00 e. The summed E-state index contributed by atoms with van der Waals surface area (Å²) in [7, 11) is -7.26. The second kappa shape index (κ2) is 17.4. The molecule has 0 spiro atoms. The van der Waals surface area contributed by atoms with Gasteiger partial charge in [0, 0.05) is 17.2 Å². The monoisotopic (exact) mass is 784 g/mol. The smallest absolute Gasteiger partial charge is 0.871 e. The molecule has 0 aliphatic rings. The zero-order valence-corrected chi connectivity index (χ0v) is 34.1. The molecule has 258 valence electrons. The number of hydrogen-bond donors (Lipinski definition) is 3. The second-order valence-electron chi connectivity index (χ2n) is 10.1. The van der Waals surface area contributed by atoms with Gasteiger partial charge in [0.05, 0.1) is 47.6 Å². The Morgan fingerprint density at radius 2 is 1.27 bits per heavy atom. The Balaban J connectivity index is 0.00000364. The van der Waals surface area contributed by atoms with Gasteiger partial charge in [-0.3, -0.25) is 4.55 Å². The number of nitrogen functional groups attached to an aromatic ring is 2. The van der Waals surface area contributed by atoms with E-state index in [1.165, 1.54) is 44.6 Å². The molecular weight excluding hydrogens is 762 g/mol. The summed E-state index contributed by atoms with van der Waals surface area (Å²) in [5, 5.41) is 38.1. The molecule has 0 unspecified atom stereocenters. The van der Waals surface area contributed by atoms with Crippen molar-refractivity contribution in [2.24, 2.45) is 30.7 Å². The molecule has 52 heavy (non-hydrogen) atoms. The fourth-order valence-electron chi connectivity index (χ4n) is 4.46. The number of ether oxygens (including phenoxy) is 2. The molecule has 0 aliphatic heterocycles. The van der Waals surface area contributed by atoms with E-state index in [0.717, 1.165) is 18.2 Å². The van der Waals surface area contributed by atoms with Crippen LogP contribution in [0.1, 0.15) is 0 Å². The Kier molecular flexibility index (Phi) is 14.3. The summed E-state index contributed by atoms with van der Waals surface area (Å²) in [6.07, 6.45) is 0. The molecule has 0 amide bonds. The minimum absolute atomic E-state index is 0. The topological polar surface area (TPSA) is 279 Å². The fourth-order valence-corrected chi connectivity index (χ4v) is 5.90. The normalized spacial score (nSPS) is 11.9. The number of nitrogens with zero attached hydrogens (tertiary/aromatic N) is 6. The maximum atomic E-state index is 13.6. The standard InChI is InChI=1S/C30H25ClN8O9S2.2Na/c1-47-25-13-24(26(48-2)12-23(25)37-34-17-5-3-4-16(31)9-17)38-39-29-28(50(44,45)46)8-15-6-7-18(10-19(15)30(29)40)35-36-22-14-27(49(41,42)43)21(33)11-20(22)32;;/h3-14,40H,32-33H2,1-2H3,(H,41,42,43)(H,44,45,46);;/q;2*+1/p-2. The van der Waals surface area contributed by atoms with E-state index >= 15 is 0 Å². The van der Waals surface area contributed by atoms with Crippen LogP contribution in [0.3, 0.4) is 0 Å². The number of nitrogens with two attached hydrogens (primary N) is 2. The van der Waals surface area contributed by atoms with Gasteiger partial charge in [-0.25, -0.2) is 8.42 Å². The Labute approximate surface area is 345 Å². The predicted molar refractivity (Wildman–Crippen MR) is 180 cm³/mol. The molecule has 17 nitrogen and oxygen atoms in total. The summed E-state index contributed by atoms with van der Waals surface area (Å²) in [5.41, 5.74) is 10.7. The van der Waals surface area contributed by atoms with Crippen LogP contribution in [0.15, 0.2) is 113 Å². The van der Waals surface area contributed by atoms with Crippen LogP contribution in [0, 0.1) is 0 Å². The molecule has 0 fully saturated rings. The van der Waals surface area contributed by atoms with E-state index in [2.05, 4.69) is 30.7 Å². The Hall–Kier alpha value is -3.73. The first kappa shape index (κ1) is 42.7. The first-order valence-electron chi connectivity index (χ1n) is 13.8. The molecule has 0 radical (unpaired) electrons. The number of halogens is 1. The molecule has 0 aromatic heterocycles. The number of rotatable bonds is 10. The van der Waals surface area contributed by atoms with Crippen molar-refractivity contribution in [2.45, 2.75) is 9.79 Å². The molecule has 5 aromatic rings. The van der Waals surface area contributed by atoms with E-state index in [-0.39, 0.29) is 116 Å². The molecule has 5 N–H and O–H groups in total. The van der Waals surface area contributed by atoms with Gasteiger partial charge >= 0.3 is 59.1 Å². The number of fused-ring (bicyclic) bond motifs is 1. The summed E-state index contributed by atoms with van der Waals surface area (Å²) in [6.45, 7) is 0. The van der Waals surface area contributed by atoms with Crippen molar-refractivity contribution in [3.05, 3.63) is 77.8 Å². The summed E-state index contributed by atoms with van der Waals surface area (Å²) >= 11 is 6.01. The fraction of sp³-hybridized carbons (Fsp3) is 0.0667. The van der Waals surface area contributed by atoms with Crippen LogP contribution in [0.2, 0.25) is 5.02 Å². The third-order valence-corrected chi connectivity index (χ3v) is 8.81. The molecule has 0 saturated carbocycles. The quantitative estimate of drug-likeness (QED) is 0.0782. The van der Waals surface area contributed by atoms with E-state index in [1.54, 1.807) is 24.3 Å². The van der Waals surface area contributed by atoms with Crippen LogP contribution in [-0.2, 0) is 20.2 Å². The van der Waals surface area contributed by atoms with Crippen LogP contribution < -0.4 is 85.2 Å². The van der Waals surface area contributed by atoms with Crippen LogP contribution >= 0.6 is 11.6 Å². The molecular formula is C30H23ClN8Na2O9S2. The molecule has 0 heterocycles. The number of azo groups is 3.